The standard InChI is InChI=1S/C28H35NO7/c1-15(2)9-21(30)20-7-8-22-24(26(20)33-4)27(31)34-14-19-10-16(3)11-23(25(19)35-22)36-28(32)29-12-17-5-6-18(17)13-29/h7-8,10-11,15,17-18,21,28,30,32H,5-6,9,12-14H2,1-4H3/t17?,18?,21-,28?/m0/s1. The molecule has 2 heterocycles. The van der Waals surface area contributed by atoms with E-state index in [-0.39, 0.29) is 29.6 Å². The minimum absolute atomic E-state index is 0.0302. The van der Waals surface area contributed by atoms with Crippen LogP contribution in [0.15, 0.2) is 24.3 Å². The lowest BCUT2D eigenvalue weighted by molar-refractivity contribution is -0.128. The first-order chi connectivity index (χ1) is 17.2. The van der Waals surface area contributed by atoms with E-state index in [2.05, 4.69) is 0 Å². The minimum Gasteiger partial charge on any atom is -0.495 e. The largest absolute Gasteiger partial charge is 0.495 e. The molecule has 1 aliphatic carbocycles. The third-order valence-corrected chi connectivity index (χ3v) is 7.52. The van der Waals surface area contributed by atoms with Crippen molar-refractivity contribution < 1.29 is 34.0 Å². The molecule has 4 atom stereocenters. The fraction of sp³-hybridized carbons (Fsp3) is 0.536. The Labute approximate surface area is 211 Å². The van der Waals surface area contributed by atoms with Crippen molar-refractivity contribution >= 4 is 5.97 Å². The maximum atomic E-state index is 13.1. The van der Waals surface area contributed by atoms with Gasteiger partial charge in [-0.05, 0) is 73.8 Å². The number of cyclic esters (lactones) is 1. The number of hydrogen-bond acceptors (Lipinski definition) is 8. The Hall–Kier alpha value is -2.81. The molecule has 5 rings (SSSR count). The quantitative estimate of drug-likeness (QED) is 0.425. The van der Waals surface area contributed by atoms with Gasteiger partial charge in [-0.1, -0.05) is 13.8 Å². The lowest BCUT2D eigenvalue weighted by Crippen LogP contribution is -2.37. The number of aliphatic hydroxyl groups excluding tert-OH is 2. The number of ether oxygens (including phenoxy) is 4. The van der Waals surface area contributed by atoms with Gasteiger partial charge in [0.15, 0.2) is 11.5 Å². The molecular formula is C28H35NO7. The number of benzene rings is 2. The van der Waals surface area contributed by atoms with Crippen LogP contribution >= 0.6 is 0 Å². The number of esters is 1. The van der Waals surface area contributed by atoms with Crippen LogP contribution in [0.2, 0.25) is 0 Å². The number of methoxy groups -OCH3 is 1. The molecule has 2 aromatic carbocycles. The van der Waals surface area contributed by atoms with Gasteiger partial charge in [-0.25, -0.2) is 9.69 Å². The van der Waals surface area contributed by atoms with E-state index < -0.39 is 18.5 Å². The fourth-order valence-electron chi connectivity index (χ4n) is 5.53. The highest BCUT2D eigenvalue weighted by atomic mass is 16.6. The van der Waals surface area contributed by atoms with Gasteiger partial charge in [-0.2, -0.15) is 0 Å². The Balaban J connectivity index is 1.49. The number of carbonyl (C=O) groups is 1. The fourth-order valence-corrected chi connectivity index (χ4v) is 5.53. The van der Waals surface area contributed by atoms with Crippen LogP contribution in [0, 0.1) is 24.7 Å². The average Bonchev–Trinajstić information content (AvgIpc) is 3.11. The van der Waals surface area contributed by atoms with Gasteiger partial charge < -0.3 is 29.2 Å². The monoisotopic (exact) mass is 497 g/mol. The molecule has 0 radical (unpaired) electrons. The van der Waals surface area contributed by atoms with Gasteiger partial charge in [0.2, 0.25) is 0 Å². The molecule has 2 fully saturated rings. The van der Waals surface area contributed by atoms with E-state index in [1.165, 1.54) is 20.0 Å². The summed E-state index contributed by atoms with van der Waals surface area (Å²) in [6.07, 6.45) is 1.02. The molecule has 0 bridgehead atoms. The van der Waals surface area contributed by atoms with Crippen molar-refractivity contribution in [1.29, 1.82) is 0 Å². The van der Waals surface area contributed by atoms with Gasteiger partial charge in [0.25, 0.3) is 6.41 Å². The second-order valence-corrected chi connectivity index (χ2v) is 10.6. The third kappa shape index (κ3) is 4.65. The molecule has 1 saturated heterocycles. The van der Waals surface area contributed by atoms with Gasteiger partial charge in [0, 0.05) is 24.2 Å². The smallest absolute Gasteiger partial charge is 0.346 e. The molecule has 3 unspecified atom stereocenters. The van der Waals surface area contributed by atoms with Crippen LogP contribution < -0.4 is 14.2 Å². The lowest BCUT2D eigenvalue weighted by atomic mass is 9.77. The van der Waals surface area contributed by atoms with E-state index in [0.717, 1.165) is 18.7 Å². The maximum absolute atomic E-state index is 13.1. The Kier molecular flexibility index (Phi) is 6.85. The van der Waals surface area contributed by atoms with Gasteiger partial charge >= 0.3 is 5.97 Å². The van der Waals surface area contributed by atoms with E-state index in [1.807, 2.05) is 37.8 Å². The zero-order valence-corrected chi connectivity index (χ0v) is 21.3. The normalized spacial score (nSPS) is 22.7. The number of carbonyl (C=O) groups excluding carboxylic acids is 1. The molecule has 3 aliphatic rings. The number of aryl methyl sites for hydroxylation is 1. The Bertz CT molecular complexity index is 1140. The third-order valence-electron chi connectivity index (χ3n) is 7.52. The van der Waals surface area contributed by atoms with Crippen LogP contribution in [0.1, 0.15) is 66.3 Å². The molecule has 0 amide bonds. The summed E-state index contributed by atoms with van der Waals surface area (Å²) in [7, 11) is 1.46. The second-order valence-electron chi connectivity index (χ2n) is 10.6. The molecule has 194 valence electrons. The SMILES string of the molecule is COc1c([C@@H](O)CC(C)C)ccc2c1C(=O)OCc1cc(C)cc(OC(O)N3CC4CCC4C3)c1O2. The van der Waals surface area contributed by atoms with E-state index in [4.69, 9.17) is 18.9 Å². The predicted octanol–water partition coefficient (Wildman–Crippen LogP) is 4.54. The zero-order chi connectivity index (χ0) is 25.6. The van der Waals surface area contributed by atoms with Crippen molar-refractivity contribution in [2.45, 2.75) is 59.2 Å². The Morgan fingerprint density at radius 2 is 1.86 bits per heavy atom. The van der Waals surface area contributed by atoms with Crippen molar-refractivity contribution in [3.8, 4) is 23.0 Å². The average molecular weight is 498 g/mol. The molecule has 2 aromatic rings. The van der Waals surface area contributed by atoms with Crippen molar-refractivity contribution in [3.05, 3.63) is 46.5 Å². The first-order valence-corrected chi connectivity index (χ1v) is 12.7. The summed E-state index contributed by atoms with van der Waals surface area (Å²) in [5.74, 6) is 2.16. The minimum atomic E-state index is -1.10. The number of fused-ring (bicyclic) bond motifs is 3. The summed E-state index contributed by atoms with van der Waals surface area (Å²) >= 11 is 0. The van der Waals surface area contributed by atoms with Gasteiger partial charge in [0.05, 0.1) is 13.2 Å². The molecule has 2 aliphatic heterocycles. The Morgan fingerprint density at radius 3 is 2.50 bits per heavy atom. The lowest BCUT2D eigenvalue weighted by Gasteiger charge is -2.28. The van der Waals surface area contributed by atoms with Gasteiger partial charge in [-0.3, -0.25) is 0 Å². The van der Waals surface area contributed by atoms with Crippen LogP contribution in [0.4, 0.5) is 0 Å². The van der Waals surface area contributed by atoms with Crippen LogP contribution in [0.25, 0.3) is 0 Å². The van der Waals surface area contributed by atoms with Crippen molar-refractivity contribution in [2.75, 3.05) is 20.2 Å². The molecule has 36 heavy (non-hydrogen) atoms. The summed E-state index contributed by atoms with van der Waals surface area (Å²) in [5.41, 5.74) is 2.15. The highest BCUT2D eigenvalue weighted by molar-refractivity contribution is 5.96. The number of rotatable bonds is 7. The number of nitrogens with zero attached hydrogens (tertiary/aromatic N) is 1. The summed E-state index contributed by atoms with van der Waals surface area (Å²) in [6, 6.07) is 7.04. The highest BCUT2D eigenvalue weighted by Crippen LogP contribution is 2.46. The topological polar surface area (TPSA) is 97.7 Å². The van der Waals surface area contributed by atoms with Crippen molar-refractivity contribution in [3.63, 3.8) is 0 Å². The first kappa shape index (κ1) is 24.9. The van der Waals surface area contributed by atoms with Gasteiger partial charge in [-0.15, -0.1) is 0 Å². The number of hydrogen-bond donors (Lipinski definition) is 2. The van der Waals surface area contributed by atoms with E-state index in [9.17, 15) is 15.0 Å². The van der Waals surface area contributed by atoms with Crippen LogP contribution in [-0.2, 0) is 11.3 Å². The first-order valence-electron chi connectivity index (χ1n) is 12.7. The van der Waals surface area contributed by atoms with Crippen molar-refractivity contribution in [2.24, 2.45) is 17.8 Å². The number of aliphatic hydroxyl groups is 2. The maximum Gasteiger partial charge on any atom is 0.346 e. The molecule has 8 heteroatoms. The van der Waals surface area contributed by atoms with E-state index in [0.29, 0.717) is 40.9 Å². The predicted molar refractivity (Wildman–Crippen MR) is 132 cm³/mol. The molecule has 0 aromatic heterocycles. The second kappa shape index (κ2) is 9.92. The van der Waals surface area contributed by atoms with Crippen molar-refractivity contribution in [1.82, 2.24) is 4.90 Å². The summed E-state index contributed by atoms with van der Waals surface area (Å²) in [6.45, 7) is 7.55. The Morgan fingerprint density at radius 1 is 1.14 bits per heavy atom. The van der Waals surface area contributed by atoms with Crippen LogP contribution in [-0.4, -0.2) is 47.7 Å². The molecule has 0 spiro atoms. The van der Waals surface area contributed by atoms with Crippen LogP contribution in [0.3, 0.4) is 0 Å². The summed E-state index contributed by atoms with van der Waals surface area (Å²) in [4.78, 5) is 15.0. The molecule has 2 N–H and O–H groups in total. The highest BCUT2D eigenvalue weighted by Gasteiger charge is 2.42. The summed E-state index contributed by atoms with van der Waals surface area (Å²) < 4.78 is 23.6. The van der Waals surface area contributed by atoms with Crippen LogP contribution in [0.5, 0.6) is 23.0 Å². The summed E-state index contributed by atoms with van der Waals surface area (Å²) in [5, 5.41) is 21.7. The molecule has 8 nitrogen and oxygen atoms in total. The molecular weight excluding hydrogens is 462 g/mol. The van der Waals surface area contributed by atoms with E-state index >= 15 is 0 Å². The molecule has 1 saturated carbocycles. The van der Waals surface area contributed by atoms with Gasteiger partial charge in [0.1, 0.15) is 23.7 Å². The zero-order valence-electron chi connectivity index (χ0n) is 21.3. The number of likely N-dealkylation sites (tertiary alicyclic amines) is 1. The van der Waals surface area contributed by atoms with E-state index in [1.54, 1.807) is 12.1 Å².